The summed E-state index contributed by atoms with van der Waals surface area (Å²) in [7, 11) is 0. The van der Waals surface area contributed by atoms with Crippen LogP contribution in [0.3, 0.4) is 0 Å². The third-order valence-corrected chi connectivity index (χ3v) is 5.94. The van der Waals surface area contributed by atoms with E-state index in [4.69, 9.17) is 4.74 Å². The van der Waals surface area contributed by atoms with E-state index in [1.165, 1.54) is 16.0 Å². The van der Waals surface area contributed by atoms with Crippen LogP contribution >= 0.6 is 11.3 Å². The molecule has 27 heavy (non-hydrogen) atoms. The second-order valence-electron chi connectivity index (χ2n) is 7.63. The number of ether oxygens (including phenoxy) is 1. The Kier molecular flexibility index (Phi) is 7.78. The highest BCUT2D eigenvalue weighted by molar-refractivity contribution is 7.14. The summed E-state index contributed by atoms with van der Waals surface area (Å²) in [5.41, 5.74) is 1.98. The summed E-state index contributed by atoms with van der Waals surface area (Å²) in [5.74, 6) is 0.0711. The van der Waals surface area contributed by atoms with Crippen molar-refractivity contribution in [3.8, 4) is 0 Å². The van der Waals surface area contributed by atoms with Crippen LogP contribution in [0.1, 0.15) is 65.7 Å². The van der Waals surface area contributed by atoms with Crippen LogP contribution in [0.2, 0.25) is 0 Å². The molecule has 2 aromatic rings. The highest BCUT2D eigenvalue weighted by atomic mass is 32.1. The van der Waals surface area contributed by atoms with Crippen LogP contribution in [-0.4, -0.2) is 18.4 Å². The molecule has 0 saturated carbocycles. The van der Waals surface area contributed by atoms with Crippen molar-refractivity contribution < 1.29 is 14.3 Å². The molecule has 0 bridgehead atoms. The summed E-state index contributed by atoms with van der Waals surface area (Å²) >= 11 is 1.58. The van der Waals surface area contributed by atoms with E-state index in [-0.39, 0.29) is 11.8 Å². The first-order valence-corrected chi connectivity index (χ1v) is 10.5. The summed E-state index contributed by atoms with van der Waals surface area (Å²) < 4.78 is 5.13. The Balaban J connectivity index is 1.80. The lowest BCUT2D eigenvalue weighted by atomic mass is 9.87. The van der Waals surface area contributed by atoms with E-state index in [0.717, 1.165) is 30.6 Å². The predicted molar refractivity (Wildman–Crippen MR) is 112 cm³/mol. The number of esters is 1. The van der Waals surface area contributed by atoms with Gasteiger partial charge in [0.05, 0.1) is 16.9 Å². The quantitative estimate of drug-likeness (QED) is 0.384. The van der Waals surface area contributed by atoms with Gasteiger partial charge in [-0.25, -0.2) is 0 Å². The molecule has 146 valence electrons. The zero-order chi connectivity index (χ0) is 19.9. The molecule has 2 rings (SSSR count). The Morgan fingerprint density at radius 3 is 2.41 bits per heavy atom. The number of hydrogen-bond acceptors (Lipinski definition) is 4. The van der Waals surface area contributed by atoms with Gasteiger partial charge in [0.1, 0.15) is 0 Å². The fourth-order valence-corrected chi connectivity index (χ4v) is 3.95. The second kappa shape index (κ2) is 9.84. The van der Waals surface area contributed by atoms with Crippen molar-refractivity contribution >= 4 is 23.1 Å². The maximum absolute atomic E-state index is 12.4. The lowest BCUT2D eigenvalue weighted by molar-refractivity contribution is -0.153. The highest BCUT2D eigenvalue weighted by Crippen LogP contribution is 2.27. The van der Waals surface area contributed by atoms with Crippen LogP contribution in [0.4, 0.5) is 0 Å². The van der Waals surface area contributed by atoms with Crippen molar-refractivity contribution in [1.29, 1.82) is 0 Å². The standard InChI is InChI=1S/C23H30O3S/c1-5-26-22(25)23(3,4)16-6-7-19-13-15-21(27-19)20(24)14-12-18-10-8-17(2)9-11-18/h8-11,13,15H,5-7,12,14,16H2,1-4H3. The van der Waals surface area contributed by atoms with Crippen LogP contribution in [0, 0.1) is 12.3 Å². The van der Waals surface area contributed by atoms with Crippen LogP contribution in [0.15, 0.2) is 36.4 Å². The molecule has 1 heterocycles. The largest absolute Gasteiger partial charge is 0.466 e. The third kappa shape index (κ3) is 6.62. The SMILES string of the molecule is CCOC(=O)C(C)(C)CCCc1ccc(C(=O)CCc2ccc(C)cc2)s1. The van der Waals surface area contributed by atoms with Gasteiger partial charge in [-0.3, -0.25) is 9.59 Å². The van der Waals surface area contributed by atoms with Crippen molar-refractivity contribution in [1.82, 2.24) is 0 Å². The number of hydrogen-bond donors (Lipinski definition) is 0. The molecule has 0 aliphatic carbocycles. The van der Waals surface area contributed by atoms with E-state index in [1.807, 2.05) is 32.9 Å². The van der Waals surface area contributed by atoms with E-state index < -0.39 is 5.41 Å². The average molecular weight is 387 g/mol. The molecule has 0 radical (unpaired) electrons. The topological polar surface area (TPSA) is 43.4 Å². The van der Waals surface area contributed by atoms with Gasteiger partial charge < -0.3 is 4.74 Å². The molecule has 0 aliphatic rings. The summed E-state index contributed by atoms with van der Waals surface area (Å²) in [4.78, 5) is 26.4. The number of benzene rings is 1. The zero-order valence-electron chi connectivity index (χ0n) is 16.8. The van der Waals surface area contributed by atoms with Gasteiger partial charge >= 0.3 is 5.97 Å². The minimum absolute atomic E-state index is 0.136. The first-order chi connectivity index (χ1) is 12.8. The molecule has 0 saturated heterocycles. The van der Waals surface area contributed by atoms with Crippen molar-refractivity contribution in [3.63, 3.8) is 0 Å². The molecule has 3 nitrogen and oxygen atoms in total. The van der Waals surface area contributed by atoms with Crippen molar-refractivity contribution in [2.75, 3.05) is 6.61 Å². The van der Waals surface area contributed by atoms with Crippen LogP contribution < -0.4 is 0 Å². The van der Waals surface area contributed by atoms with E-state index >= 15 is 0 Å². The van der Waals surface area contributed by atoms with Gasteiger partial charge in [-0.05, 0) is 71.1 Å². The average Bonchev–Trinajstić information content (AvgIpc) is 3.10. The van der Waals surface area contributed by atoms with Crippen LogP contribution in [-0.2, 0) is 22.4 Å². The summed E-state index contributed by atoms with van der Waals surface area (Å²) in [6.45, 7) is 8.17. The molecule has 0 aliphatic heterocycles. The Labute approximate surface area is 166 Å². The van der Waals surface area contributed by atoms with E-state index in [9.17, 15) is 9.59 Å². The zero-order valence-corrected chi connectivity index (χ0v) is 17.7. The smallest absolute Gasteiger partial charge is 0.311 e. The number of Topliss-reactive ketones (excluding diaryl/α,β-unsaturated/α-hetero) is 1. The summed E-state index contributed by atoms with van der Waals surface area (Å²) in [6.07, 6.45) is 3.89. The number of carbonyl (C=O) groups excluding carboxylic acids is 2. The molecule has 0 N–H and O–H groups in total. The number of rotatable bonds is 10. The lowest BCUT2D eigenvalue weighted by Crippen LogP contribution is -2.26. The monoisotopic (exact) mass is 386 g/mol. The van der Waals surface area contributed by atoms with E-state index in [1.54, 1.807) is 11.3 Å². The number of carbonyl (C=O) groups is 2. The summed E-state index contributed by atoms with van der Waals surface area (Å²) in [6, 6.07) is 12.3. The van der Waals surface area contributed by atoms with E-state index in [2.05, 4.69) is 31.2 Å². The molecule has 4 heteroatoms. The van der Waals surface area contributed by atoms with Gasteiger partial charge in [0.25, 0.3) is 0 Å². The maximum Gasteiger partial charge on any atom is 0.311 e. The fraction of sp³-hybridized carbons (Fsp3) is 0.478. The minimum atomic E-state index is -0.458. The molecule has 1 aromatic carbocycles. The second-order valence-corrected chi connectivity index (χ2v) is 8.80. The molecule has 0 unspecified atom stereocenters. The number of ketones is 1. The Morgan fingerprint density at radius 2 is 1.74 bits per heavy atom. The maximum atomic E-state index is 12.4. The predicted octanol–water partition coefficient (Wildman–Crippen LogP) is 5.78. The van der Waals surface area contributed by atoms with Crippen LogP contribution in [0.25, 0.3) is 0 Å². The van der Waals surface area contributed by atoms with Crippen molar-refractivity contribution in [3.05, 3.63) is 57.3 Å². The summed E-state index contributed by atoms with van der Waals surface area (Å²) in [5, 5.41) is 0. The van der Waals surface area contributed by atoms with Crippen LogP contribution in [0.5, 0.6) is 0 Å². The van der Waals surface area contributed by atoms with Crippen molar-refractivity contribution in [2.24, 2.45) is 5.41 Å². The van der Waals surface area contributed by atoms with Gasteiger partial charge in [-0.15, -0.1) is 11.3 Å². The molecular weight excluding hydrogens is 356 g/mol. The fourth-order valence-electron chi connectivity index (χ4n) is 2.93. The van der Waals surface area contributed by atoms with Gasteiger partial charge in [-0.2, -0.15) is 0 Å². The Bertz CT molecular complexity index is 756. The Hall–Kier alpha value is -1.94. The van der Waals surface area contributed by atoms with Crippen molar-refractivity contribution in [2.45, 2.75) is 59.8 Å². The van der Waals surface area contributed by atoms with Gasteiger partial charge in [-0.1, -0.05) is 29.8 Å². The molecule has 0 spiro atoms. The molecule has 1 aromatic heterocycles. The molecular formula is C23H30O3S. The molecule has 0 atom stereocenters. The normalized spacial score (nSPS) is 11.4. The van der Waals surface area contributed by atoms with Gasteiger partial charge in [0.2, 0.25) is 0 Å². The Morgan fingerprint density at radius 1 is 1.04 bits per heavy atom. The molecule has 0 amide bonds. The first kappa shape index (κ1) is 21.4. The highest BCUT2D eigenvalue weighted by Gasteiger charge is 2.28. The number of thiophene rings is 1. The third-order valence-electron chi connectivity index (χ3n) is 4.75. The van der Waals surface area contributed by atoms with E-state index in [0.29, 0.717) is 13.0 Å². The van der Waals surface area contributed by atoms with Gasteiger partial charge in [0.15, 0.2) is 5.78 Å². The minimum Gasteiger partial charge on any atom is -0.466 e. The lowest BCUT2D eigenvalue weighted by Gasteiger charge is -2.21. The molecule has 0 fully saturated rings. The first-order valence-electron chi connectivity index (χ1n) is 9.66. The van der Waals surface area contributed by atoms with Gasteiger partial charge in [0, 0.05) is 11.3 Å². The number of aryl methyl sites for hydroxylation is 3.